The number of fused-ring (bicyclic) bond motifs is 1. The van der Waals surface area contributed by atoms with Gasteiger partial charge in [-0.1, -0.05) is 18.2 Å². The molecule has 1 aliphatic heterocycles. The average molecular weight is 466 g/mol. The Kier molecular flexibility index (Phi) is 8.04. The van der Waals surface area contributed by atoms with Crippen LogP contribution < -0.4 is 10.9 Å². The van der Waals surface area contributed by atoms with E-state index in [1.807, 2.05) is 48.4 Å². The number of H-pyrrole nitrogens is 1. The fourth-order valence-electron chi connectivity index (χ4n) is 4.03. The van der Waals surface area contributed by atoms with Gasteiger partial charge in [-0.05, 0) is 66.8 Å². The van der Waals surface area contributed by atoms with Crippen LogP contribution in [0.1, 0.15) is 23.1 Å². The van der Waals surface area contributed by atoms with E-state index in [0.717, 1.165) is 67.8 Å². The number of thiocarbonyl (C=S) groups is 1. The summed E-state index contributed by atoms with van der Waals surface area (Å²) in [5.74, 6) is 0. The van der Waals surface area contributed by atoms with Crippen LogP contribution in [0.5, 0.6) is 0 Å². The molecule has 0 bridgehead atoms. The van der Waals surface area contributed by atoms with Crippen LogP contribution in [-0.4, -0.2) is 64.3 Å². The maximum absolute atomic E-state index is 12.8. The van der Waals surface area contributed by atoms with E-state index in [9.17, 15) is 4.79 Å². The van der Waals surface area contributed by atoms with Gasteiger partial charge in [-0.25, -0.2) is 0 Å². The predicted octanol–water partition coefficient (Wildman–Crippen LogP) is 2.83. The number of rotatable bonds is 8. The van der Waals surface area contributed by atoms with Gasteiger partial charge in [0.25, 0.3) is 5.56 Å². The summed E-state index contributed by atoms with van der Waals surface area (Å²) < 4.78 is 5.41. The average Bonchev–Trinajstić information content (AvgIpc) is 2.83. The van der Waals surface area contributed by atoms with Gasteiger partial charge in [-0.15, -0.1) is 0 Å². The summed E-state index contributed by atoms with van der Waals surface area (Å²) in [5.41, 5.74) is 3.62. The van der Waals surface area contributed by atoms with Crippen molar-refractivity contribution in [2.75, 3.05) is 39.4 Å². The van der Waals surface area contributed by atoms with Gasteiger partial charge in [-0.2, -0.15) is 0 Å². The Morgan fingerprint density at radius 2 is 2.09 bits per heavy atom. The maximum Gasteiger partial charge on any atom is 0.253 e. The van der Waals surface area contributed by atoms with Crippen LogP contribution in [0.4, 0.5) is 0 Å². The normalized spacial score (nSPS) is 14.3. The molecule has 1 aromatic carbocycles. The Morgan fingerprint density at radius 3 is 2.88 bits per heavy atom. The molecule has 1 saturated heterocycles. The Labute approximate surface area is 199 Å². The van der Waals surface area contributed by atoms with Crippen molar-refractivity contribution in [3.05, 3.63) is 75.8 Å². The molecule has 8 heteroatoms. The Morgan fingerprint density at radius 1 is 1.24 bits per heavy atom. The summed E-state index contributed by atoms with van der Waals surface area (Å²) in [6.45, 7) is 8.42. The number of morpholine rings is 1. The molecule has 3 aromatic rings. The molecular formula is C25H31N5O2S. The lowest BCUT2D eigenvalue weighted by Crippen LogP contribution is -2.42. The van der Waals surface area contributed by atoms with Crippen molar-refractivity contribution in [1.82, 2.24) is 25.1 Å². The molecule has 0 aliphatic carbocycles. The lowest BCUT2D eigenvalue weighted by atomic mass is 10.1. The van der Waals surface area contributed by atoms with Gasteiger partial charge >= 0.3 is 0 Å². The Bertz CT molecular complexity index is 1130. The Balaban J connectivity index is 1.44. The molecule has 0 radical (unpaired) electrons. The maximum atomic E-state index is 12.8. The highest BCUT2D eigenvalue weighted by Gasteiger charge is 2.15. The molecule has 0 spiro atoms. The zero-order valence-corrected chi connectivity index (χ0v) is 19.9. The van der Waals surface area contributed by atoms with Crippen molar-refractivity contribution in [1.29, 1.82) is 0 Å². The second-order valence-corrected chi connectivity index (χ2v) is 8.86. The van der Waals surface area contributed by atoms with E-state index in [0.29, 0.717) is 23.8 Å². The van der Waals surface area contributed by atoms with Crippen molar-refractivity contribution >= 4 is 28.2 Å². The van der Waals surface area contributed by atoms with Gasteiger partial charge in [0, 0.05) is 49.7 Å². The SMILES string of the molecule is Cc1ccc2cc(CN(Cc3cccnc3)C(=S)NCCCN3CCOCC3)c(=O)[nH]c2c1. The van der Waals surface area contributed by atoms with Gasteiger partial charge in [0.2, 0.25) is 0 Å². The van der Waals surface area contributed by atoms with E-state index in [1.54, 1.807) is 6.20 Å². The molecule has 3 heterocycles. The summed E-state index contributed by atoms with van der Waals surface area (Å²) in [4.78, 5) is 24.5. The van der Waals surface area contributed by atoms with E-state index in [-0.39, 0.29) is 5.56 Å². The summed E-state index contributed by atoms with van der Waals surface area (Å²) >= 11 is 5.75. The lowest BCUT2D eigenvalue weighted by molar-refractivity contribution is 0.0376. The molecule has 2 N–H and O–H groups in total. The Hall–Kier alpha value is -2.81. The van der Waals surface area contributed by atoms with E-state index in [4.69, 9.17) is 17.0 Å². The van der Waals surface area contributed by atoms with E-state index in [2.05, 4.69) is 26.3 Å². The van der Waals surface area contributed by atoms with Gasteiger partial charge < -0.3 is 19.9 Å². The van der Waals surface area contributed by atoms with Gasteiger partial charge in [0.05, 0.1) is 19.8 Å². The number of nitrogens with one attached hydrogen (secondary N) is 2. The van der Waals surface area contributed by atoms with Crippen LogP contribution >= 0.6 is 12.2 Å². The molecular weight excluding hydrogens is 434 g/mol. The highest BCUT2D eigenvalue weighted by atomic mass is 32.1. The first-order chi connectivity index (χ1) is 16.1. The van der Waals surface area contributed by atoms with Crippen molar-refractivity contribution < 1.29 is 4.74 Å². The number of aryl methyl sites for hydroxylation is 1. The summed E-state index contributed by atoms with van der Waals surface area (Å²) in [5, 5.41) is 5.05. The van der Waals surface area contributed by atoms with Crippen LogP contribution in [0.25, 0.3) is 10.9 Å². The van der Waals surface area contributed by atoms with Crippen LogP contribution in [0.2, 0.25) is 0 Å². The minimum Gasteiger partial charge on any atom is -0.379 e. The number of benzene rings is 1. The minimum atomic E-state index is -0.0839. The van der Waals surface area contributed by atoms with E-state index in [1.165, 1.54) is 0 Å². The van der Waals surface area contributed by atoms with Crippen molar-refractivity contribution in [2.24, 2.45) is 0 Å². The standard InChI is InChI=1S/C25H31N5O2S/c1-19-5-6-21-15-22(24(31)28-23(21)14-19)18-30(17-20-4-2-7-26-16-20)25(33)27-8-3-9-29-10-12-32-13-11-29/h2,4-7,14-16H,3,8-13,17-18H2,1H3,(H,27,33)(H,28,31). The lowest BCUT2D eigenvalue weighted by Gasteiger charge is -2.28. The first kappa shape index (κ1) is 23.4. The molecule has 0 atom stereocenters. The smallest absolute Gasteiger partial charge is 0.253 e. The first-order valence-corrected chi connectivity index (χ1v) is 11.8. The third-order valence-electron chi connectivity index (χ3n) is 5.85. The number of hydrogen-bond acceptors (Lipinski definition) is 5. The molecule has 0 unspecified atom stereocenters. The third kappa shape index (κ3) is 6.60. The van der Waals surface area contributed by atoms with E-state index < -0.39 is 0 Å². The molecule has 2 aromatic heterocycles. The molecule has 7 nitrogen and oxygen atoms in total. The molecule has 4 rings (SSSR count). The van der Waals surface area contributed by atoms with Crippen molar-refractivity contribution in [3.8, 4) is 0 Å². The number of aromatic nitrogens is 2. The fraction of sp³-hybridized carbons (Fsp3) is 0.400. The largest absolute Gasteiger partial charge is 0.379 e. The number of nitrogens with zero attached hydrogens (tertiary/aromatic N) is 3. The zero-order chi connectivity index (χ0) is 23.0. The number of hydrogen-bond donors (Lipinski definition) is 2. The molecule has 33 heavy (non-hydrogen) atoms. The summed E-state index contributed by atoms with van der Waals surface area (Å²) in [6.07, 6.45) is 4.59. The fourth-order valence-corrected chi connectivity index (χ4v) is 4.26. The van der Waals surface area contributed by atoms with Crippen LogP contribution in [0.15, 0.2) is 53.6 Å². The van der Waals surface area contributed by atoms with Crippen LogP contribution in [0.3, 0.4) is 0 Å². The van der Waals surface area contributed by atoms with Crippen molar-refractivity contribution in [3.63, 3.8) is 0 Å². The topological polar surface area (TPSA) is 73.5 Å². The number of aromatic amines is 1. The monoisotopic (exact) mass is 465 g/mol. The zero-order valence-electron chi connectivity index (χ0n) is 19.0. The van der Waals surface area contributed by atoms with E-state index >= 15 is 0 Å². The quantitative estimate of drug-likeness (QED) is 0.391. The summed E-state index contributed by atoms with van der Waals surface area (Å²) in [7, 11) is 0. The highest BCUT2D eigenvalue weighted by Crippen LogP contribution is 2.15. The van der Waals surface area contributed by atoms with Gasteiger partial charge in [0.1, 0.15) is 0 Å². The first-order valence-electron chi connectivity index (χ1n) is 11.4. The molecule has 174 valence electrons. The van der Waals surface area contributed by atoms with Gasteiger partial charge in [-0.3, -0.25) is 14.7 Å². The molecule has 0 saturated carbocycles. The molecule has 1 aliphatic rings. The summed E-state index contributed by atoms with van der Waals surface area (Å²) in [6, 6.07) is 12.0. The van der Waals surface area contributed by atoms with Crippen LogP contribution in [0, 0.1) is 6.92 Å². The molecule has 0 amide bonds. The molecule has 1 fully saturated rings. The number of pyridine rings is 2. The second-order valence-electron chi connectivity index (χ2n) is 8.47. The highest BCUT2D eigenvalue weighted by molar-refractivity contribution is 7.80. The third-order valence-corrected chi connectivity index (χ3v) is 6.26. The minimum absolute atomic E-state index is 0.0839. The van der Waals surface area contributed by atoms with Crippen LogP contribution in [-0.2, 0) is 17.8 Å². The van der Waals surface area contributed by atoms with Gasteiger partial charge in [0.15, 0.2) is 5.11 Å². The second kappa shape index (κ2) is 11.4. The predicted molar refractivity (Wildman–Crippen MR) is 135 cm³/mol. The number of ether oxygens (including phenoxy) is 1. The van der Waals surface area contributed by atoms with Crippen molar-refractivity contribution in [2.45, 2.75) is 26.4 Å².